The SMILES string of the molecule is C=CCN(CC(=O)N(Cc1ccco1)C[C@H]1CCCO1)C(=O)c1ccccc1. The molecule has 0 unspecified atom stereocenters. The molecule has 6 heteroatoms. The number of rotatable bonds is 9. The van der Waals surface area contributed by atoms with Crippen LogP contribution in [-0.4, -0.2) is 54.0 Å². The molecule has 1 atom stereocenters. The molecule has 28 heavy (non-hydrogen) atoms. The Morgan fingerprint density at radius 1 is 1.14 bits per heavy atom. The molecule has 2 amide bonds. The lowest BCUT2D eigenvalue weighted by atomic mass is 10.2. The van der Waals surface area contributed by atoms with Crippen molar-refractivity contribution in [2.45, 2.75) is 25.5 Å². The van der Waals surface area contributed by atoms with Gasteiger partial charge < -0.3 is 19.0 Å². The molecule has 0 spiro atoms. The third kappa shape index (κ3) is 5.33. The molecular weight excluding hydrogens is 356 g/mol. The van der Waals surface area contributed by atoms with Gasteiger partial charge in [0.2, 0.25) is 5.91 Å². The first-order valence-corrected chi connectivity index (χ1v) is 9.54. The molecule has 148 valence electrons. The number of amides is 2. The van der Waals surface area contributed by atoms with Crippen molar-refractivity contribution in [1.82, 2.24) is 9.80 Å². The van der Waals surface area contributed by atoms with Crippen LogP contribution in [0.1, 0.15) is 29.0 Å². The first-order valence-electron chi connectivity index (χ1n) is 9.54. The molecule has 2 heterocycles. The minimum Gasteiger partial charge on any atom is -0.467 e. The van der Waals surface area contributed by atoms with Crippen LogP contribution in [0.15, 0.2) is 65.8 Å². The fraction of sp³-hybridized carbons (Fsp3) is 0.364. The van der Waals surface area contributed by atoms with Crippen LogP contribution < -0.4 is 0 Å². The van der Waals surface area contributed by atoms with Crippen LogP contribution in [0.25, 0.3) is 0 Å². The molecule has 1 aliphatic heterocycles. The molecule has 0 aliphatic carbocycles. The van der Waals surface area contributed by atoms with Gasteiger partial charge in [-0.2, -0.15) is 0 Å². The quantitative estimate of drug-likeness (QED) is 0.625. The smallest absolute Gasteiger partial charge is 0.254 e. The van der Waals surface area contributed by atoms with E-state index in [2.05, 4.69) is 6.58 Å². The molecule has 6 nitrogen and oxygen atoms in total. The lowest BCUT2D eigenvalue weighted by Crippen LogP contribution is -2.45. The van der Waals surface area contributed by atoms with Gasteiger partial charge in [-0.1, -0.05) is 24.3 Å². The third-order valence-corrected chi connectivity index (χ3v) is 4.71. The summed E-state index contributed by atoms with van der Waals surface area (Å²) in [5, 5.41) is 0. The monoisotopic (exact) mass is 382 g/mol. The van der Waals surface area contributed by atoms with Crippen molar-refractivity contribution in [2.24, 2.45) is 0 Å². The predicted octanol–water partition coefficient (Wildman–Crippen LogP) is 3.12. The van der Waals surface area contributed by atoms with Gasteiger partial charge in [-0.15, -0.1) is 6.58 Å². The van der Waals surface area contributed by atoms with Crippen LogP contribution in [0, 0.1) is 0 Å². The summed E-state index contributed by atoms with van der Waals surface area (Å²) in [5.74, 6) is 0.373. The van der Waals surface area contributed by atoms with Gasteiger partial charge in [-0.25, -0.2) is 0 Å². The highest BCUT2D eigenvalue weighted by Crippen LogP contribution is 2.16. The first-order chi connectivity index (χ1) is 13.7. The summed E-state index contributed by atoms with van der Waals surface area (Å²) >= 11 is 0. The van der Waals surface area contributed by atoms with Crippen molar-refractivity contribution in [1.29, 1.82) is 0 Å². The summed E-state index contributed by atoms with van der Waals surface area (Å²) in [6.07, 6.45) is 5.18. The Labute approximate surface area is 165 Å². The highest BCUT2D eigenvalue weighted by molar-refractivity contribution is 5.96. The Balaban J connectivity index is 1.71. The number of hydrogen-bond acceptors (Lipinski definition) is 4. The minimum absolute atomic E-state index is 0.0207. The largest absolute Gasteiger partial charge is 0.467 e. The van der Waals surface area contributed by atoms with Crippen molar-refractivity contribution in [3.05, 3.63) is 72.7 Å². The lowest BCUT2D eigenvalue weighted by molar-refractivity contribution is -0.134. The average Bonchev–Trinajstić information content (AvgIpc) is 3.41. The molecule has 0 N–H and O–H groups in total. The van der Waals surface area contributed by atoms with E-state index >= 15 is 0 Å². The van der Waals surface area contributed by atoms with Gasteiger partial charge in [0.1, 0.15) is 12.3 Å². The predicted molar refractivity (Wildman–Crippen MR) is 106 cm³/mol. The zero-order valence-corrected chi connectivity index (χ0v) is 16.0. The number of hydrogen-bond donors (Lipinski definition) is 0. The van der Waals surface area contributed by atoms with E-state index in [1.54, 1.807) is 35.4 Å². The zero-order valence-electron chi connectivity index (χ0n) is 16.0. The van der Waals surface area contributed by atoms with E-state index in [0.29, 0.717) is 31.0 Å². The van der Waals surface area contributed by atoms with Crippen molar-refractivity contribution >= 4 is 11.8 Å². The Morgan fingerprint density at radius 3 is 2.61 bits per heavy atom. The van der Waals surface area contributed by atoms with Gasteiger partial charge in [0.15, 0.2) is 0 Å². The number of carbonyl (C=O) groups is 2. The van der Waals surface area contributed by atoms with Crippen molar-refractivity contribution < 1.29 is 18.7 Å². The maximum atomic E-state index is 13.1. The van der Waals surface area contributed by atoms with Gasteiger partial charge in [0.25, 0.3) is 5.91 Å². The molecule has 1 fully saturated rings. The standard InChI is InChI=1S/C22H26N2O4/c1-2-12-23(22(26)18-8-4-3-5-9-18)17-21(25)24(15-19-10-6-13-27-19)16-20-11-7-14-28-20/h2-6,8-10,13,20H,1,7,11-12,14-17H2/t20-/m1/s1. The molecule has 2 aromatic rings. The number of carbonyl (C=O) groups excluding carboxylic acids is 2. The third-order valence-electron chi connectivity index (χ3n) is 4.71. The maximum absolute atomic E-state index is 13.1. The molecule has 1 saturated heterocycles. The molecule has 0 bridgehead atoms. The van der Waals surface area contributed by atoms with Crippen molar-refractivity contribution in [2.75, 3.05) is 26.2 Å². The second-order valence-corrected chi connectivity index (χ2v) is 6.83. The summed E-state index contributed by atoms with van der Waals surface area (Å²) in [5.41, 5.74) is 0.550. The van der Waals surface area contributed by atoms with Crippen LogP contribution in [0.2, 0.25) is 0 Å². The Kier molecular flexibility index (Phi) is 7.03. The topological polar surface area (TPSA) is 63.0 Å². The summed E-state index contributed by atoms with van der Waals surface area (Å²) in [6.45, 7) is 5.56. The highest BCUT2D eigenvalue weighted by atomic mass is 16.5. The van der Waals surface area contributed by atoms with Crippen LogP contribution in [-0.2, 0) is 16.1 Å². The second kappa shape index (κ2) is 9.90. The van der Waals surface area contributed by atoms with Crippen LogP contribution >= 0.6 is 0 Å². The van der Waals surface area contributed by atoms with Gasteiger partial charge >= 0.3 is 0 Å². The normalized spacial score (nSPS) is 15.9. The van der Waals surface area contributed by atoms with Gasteiger partial charge in [0.05, 0.1) is 18.9 Å². The van der Waals surface area contributed by atoms with E-state index in [-0.39, 0.29) is 24.5 Å². The fourth-order valence-electron chi connectivity index (χ4n) is 3.28. The van der Waals surface area contributed by atoms with Crippen molar-refractivity contribution in [3.63, 3.8) is 0 Å². The molecule has 1 aliphatic rings. The molecule has 0 saturated carbocycles. The maximum Gasteiger partial charge on any atom is 0.254 e. The van der Waals surface area contributed by atoms with E-state index in [0.717, 1.165) is 19.4 Å². The summed E-state index contributed by atoms with van der Waals surface area (Å²) < 4.78 is 11.1. The van der Waals surface area contributed by atoms with E-state index in [1.165, 1.54) is 4.90 Å². The van der Waals surface area contributed by atoms with Crippen LogP contribution in [0.3, 0.4) is 0 Å². The number of nitrogens with zero attached hydrogens (tertiary/aromatic N) is 2. The molecule has 1 aromatic heterocycles. The van der Waals surface area contributed by atoms with Gasteiger partial charge in [0, 0.05) is 25.3 Å². The second-order valence-electron chi connectivity index (χ2n) is 6.83. The fourth-order valence-corrected chi connectivity index (χ4v) is 3.28. The Hall–Kier alpha value is -2.86. The van der Waals surface area contributed by atoms with Crippen molar-refractivity contribution in [3.8, 4) is 0 Å². The number of ether oxygens (including phenoxy) is 1. The summed E-state index contributed by atoms with van der Waals surface area (Å²) in [7, 11) is 0. The Bertz CT molecular complexity index is 767. The van der Waals surface area contributed by atoms with Crippen LogP contribution in [0.5, 0.6) is 0 Å². The minimum atomic E-state index is -0.191. The summed E-state index contributed by atoms with van der Waals surface area (Å²) in [4.78, 5) is 29.1. The van der Waals surface area contributed by atoms with E-state index in [1.807, 2.05) is 24.3 Å². The molecule has 1 aromatic carbocycles. The highest BCUT2D eigenvalue weighted by Gasteiger charge is 2.26. The van der Waals surface area contributed by atoms with E-state index < -0.39 is 0 Å². The average molecular weight is 382 g/mol. The van der Waals surface area contributed by atoms with E-state index in [9.17, 15) is 9.59 Å². The lowest BCUT2D eigenvalue weighted by Gasteiger charge is -2.28. The van der Waals surface area contributed by atoms with Gasteiger partial charge in [-0.05, 0) is 37.1 Å². The molecular formula is C22H26N2O4. The van der Waals surface area contributed by atoms with Gasteiger partial charge in [-0.3, -0.25) is 9.59 Å². The van der Waals surface area contributed by atoms with Crippen LogP contribution in [0.4, 0.5) is 0 Å². The number of benzene rings is 1. The Morgan fingerprint density at radius 2 is 1.96 bits per heavy atom. The first kappa shape index (κ1) is 19.9. The van der Waals surface area contributed by atoms with E-state index in [4.69, 9.17) is 9.15 Å². The molecule has 0 radical (unpaired) electrons. The molecule has 3 rings (SSSR count). The summed E-state index contributed by atoms with van der Waals surface area (Å²) in [6, 6.07) is 12.6. The number of furan rings is 1. The zero-order chi connectivity index (χ0) is 19.8.